The molecule has 108 valence electrons. The summed E-state index contributed by atoms with van der Waals surface area (Å²) in [5.74, 6) is -0.0871. The van der Waals surface area contributed by atoms with Crippen LogP contribution in [0, 0.1) is 13.8 Å². The highest BCUT2D eigenvalue weighted by molar-refractivity contribution is 6.04. The number of esters is 1. The minimum absolute atomic E-state index is 0.165. The predicted octanol–water partition coefficient (Wildman–Crippen LogP) is 3.48. The highest BCUT2D eigenvalue weighted by Crippen LogP contribution is 2.17. The molecule has 0 aliphatic carbocycles. The van der Waals surface area contributed by atoms with Crippen LogP contribution in [-0.2, 0) is 4.79 Å². The molecule has 21 heavy (non-hydrogen) atoms. The van der Waals surface area contributed by atoms with E-state index in [0.29, 0.717) is 17.0 Å². The van der Waals surface area contributed by atoms with E-state index in [1.54, 1.807) is 24.3 Å². The van der Waals surface area contributed by atoms with Crippen LogP contribution in [0.2, 0.25) is 0 Å². The minimum Gasteiger partial charge on any atom is -0.427 e. The molecule has 0 atom stereocenters. The average Bonchev–Trinajstić information content (AvgIpc) is 2.39. The normalized spacial score (nSPS) is 10.0. The number of carbonyl (C=O) groups is 2. The molecule has 0 heterocycles. The molecule has 2 aromatic carbocycles. The number of benzene rings is 2. The van der Waals surface area contributed by atoms with E-state index >= 15 is 0 Å². The lowest BCUT2D eigenvalue weighted by Gasteiger charge is -2.08. The molecule has 0 bridgehead atoms. The smallest absolute Gasteiger partial charge is 0.308 e. The van der Waals surface area contributed by atoms with Gasteiger partial charge in [-0.1, -0.05) is 17.2 Å². The molecule has 0 unspecified atom stereocenters. The second-order valence-corrected chi connectivity index (χ2v) is 4.95. The Balaban J connectivity index is 2.10. The van der Waals surface area contributed by atoms with Crippen molar-refractivity contribution in [2.24, 2.45) is 0 Å². The molecule has 2 rings (SSSR count). The minimum atomic E-state index is -0.373. The lowest BCUT2D eigenvalue weighted by molar-refractivity contribution is -0.131. The average molecular weight is 283 g/mol. The number of ether oxygens (including phenoxy) is 1. The zero-order valence-electron chi connectivity index (χ0n) is 12.3. The maximum absolute atomic E-state index is 12.2. The van der Waals surface area contributed by atoms with E-state index in [1.807, 2.05) is 32.0 Å². The predicted molar refractivity (Wildman–Crippen MR) is 81.6 cm³/mol. The Morgan fingerprint density at radius 2 is 1.52 bits per heavy atom. The largest absolute Gasteiger partial charge is 0.427 e. The molecular weight excluding hydrogens is 266 g/mol. The zero-order chi connectivity index (χ0) is 15.4. The molecule has 4 nitrogen and oxygen atoms in total. The van der Waals surface area contributed by atoms with Crippen molar-refractivity contribution in [1.82, 2.24) is 0 Å². The van der Waals surface area contributed by atoms with Crippen LogP contribution in [0.1, 0.15) is 28.4 Å². The molecule has 2 aromatic rings. The van der Waals surface area contributed by atoms with Gasteiger partial charge in [0.2, 0.25) is 0 Å². The van der Waals surface area contributed by atoms with E-state index in [1.165, 1.54) is 6.92 Å². The van der Waals surface area contributed by atoms with Crippen LogP contribution in [0.5, 0.6) is 5.75 Å². The van der Waals surface area contributed by atoms with Crippen molar-refractivity contribution in [2.45, 2.75) is 20.8 Å². The Hall–Kier alpha value is -2.62. The lowest BCUT2D eigenvalue weighted by atomic mass is 10.1. The van der Waals surface area contributed by atoms with E-state index in [4.69, 9.17) is 4.74 Å². The van der Waals surface area contributed by atoms with Crippen molar-refractivity contribution in [3.63, 3.8) is 0 Å². The summed E-state index contributed by atoms with van der Waals surface area (Å²) in [6.45, 7) is 5.26. The van der Waals surface area contributed by atoms with Gasteiger partial charge in [-0.2, -0.15) is 0 Å². The van der Waals surface area contributed by atoms with E-state index in [-0.39, 0.29) is 11.9 Å². The molecule has 0 aromatic heterocycles. The molecule has 0 fully saturated rings. The van der Waals surface area contributed by atoms with Gasteiger partial charge in [-0.15, -0.1) is 0 Å². The highest BCUT2D eigenvalue weighted by atomic mass is 16.5. The first-order valence-corrected chi connectivity index (χ1v) is 6.62. The van der Waals surface area contributed by atoms with Crippen LogP contribution in [0.4, 0.5) is 5.69 Å². The number of carbonyl (C=O) groups excluding carboxylic acids is 2. The first kappa shape index (κ1) is 14.8. The van der Waals surface area contributed by atoms with Crippen LogP contribution in [0.15, 0.2) is 42.5 Å². The summed E-state index contributed by atoms with van der Waals surface area (Å²) in [4.78, 5) is 23.0. The Morgan fingerprint density at radius 1 is 0.952 bits per heavy atom. The van der Waals surface area contributed by atoms with E-state index in [2.05, 4.69) is 5.32 Å². The van der Waals surface area contributed by atoms with Crippen molar-refractivity contribution in [2.75, 3.05) is 5.32 Å². The molecule has 0 saturated heterocycles. The zero-order valence-corrected chi connectivity index (χ0v) is 12.3. The highest BCUT2D eigenvalue weighted by Gasteiger charge is 2.07. The van der Waals surface area contributed by atoms with Crippen molar-refractivity contribution in [3.05, 3.63) is 59.2 Å². The number of rotatable bonds is 3. The van der Waals surface area contributed by atoms with Crippen LogP contribution in [-0.4, -0.2) is 11.9 Å². The van der Waals surface area contributed by atoms with Gasteiger partial charge in [0, 0.05) is 18.2 Å². The monoisotopic (exact) mass is 283 g/mol. The number of hydrogen-bond acceptors (Lipinski definition) is 3. The third-order valence-corrected chi connectivity index (χ3v) is 2.86. The topological polar surface area (TPSA) is 55.4 Å². The van der Waals surface area contributed by atoms with E-state index < -0.39 is 0 Å². The SMILES string of the molecule is CC(=O)Oc1ccc(NC(=O)c2cc(C)cc(C)c2)cc1. The third kappa shape index (κ3) is 4.18. The van der Waals surface area contributed by atoms with Crippen molar-refractivity contribution >= 4 is 17.6 Å². The molecule has 0 spiro atoms. The van der Waals surface area contributed by atoms with Gasteiger partial charge in [0.05, 0.1) is 0 Å². The summed E-state index contributed by atoms with van der Waals surface area (Å²) in [5, 5.41) is 2.81. The number of nitrogens with one attached hydrogen (secondary N) is 1. The quantitative estimate of drug-likeness (QED) is 0.693. The number of hydrogen-bond donors (Lipinski definition) is 1. The standard InChI is InChI=1S/C17H17NO3/c1-11-8-12(2)10-14(9-11)17(20)18-15-4-6-16(7-5-15)21-13(3)19/h4-10H,1-3H3,(H,18,20). The summed E-state index contributed by atoms with van der Waals surface area (Å²) >= 11 is 0. The Morgan fingerprint density at radius 3 is 2.05 bits per heavy atom. The van der Waals surface area contributed by atoms with Gasteiger partial charge in [0.15, 0.2) is 0 Å². The molecule has 0 aliphatic rings. The Labute approximate surface area is 123 Å². The van der Waals surface area contributed by atoms with Crippen LogP contribution >= 0.6 is 0 Å². The second kappa shape index (κ2) is 6.22. The number of anilines is 1. The first-order valence-electron chi connectivity index (χ1n) is 6.62. The summed E-state index contributed by atoms with van der Waals surface area (Å²) in [6, 6.07) is 12.4. The molecule has 0 saturated carbocycles. The summed E-state index contributed by atoms with van der Waals surface area (Å²) in [6.07, 6.45) is 0. The maximum atomic E-state index is 12.2. The molecule has 1 amide bonds. The van der Waals surface area contributed by atoms with Crippen molar-refractivity contribution in [1.29, 1.82) is 0 Å². The van der Waals surface area contributed by atoms with Crippen LogP contribution in [0.3, 0.4) is 0 Å². The Kier molecular flexibility index (Phi) is 4.38. The summed E-state index contributed by atoms with van der Waals surface area (Å²) < 4.78 is 4.94. The lowest BCUT2D eigenvalue weighted by Crippen LogP contribution is -2.12. The van der Waals surface area contributed by atoms with Crippen LogP contribution < -0.4 is 10.1 Å². The Bertz CT molecular complexity index is 655. The van der Waals surface area contributed by atoms with Gasteiger partial charge in [-0.25, -0.2) is 0 Å². The fourth-order valence-corrected chi connectivity index (χ4v) is 2.08. The summed E-state index contributed by atoms with van der Waals surface area (Å²) in [5.41, 5.74) is 3.36. The van der Waals surface area contributed by atoms with Gasteiger partial charge < -0.3 is 10.1 Å². The molecule has 1 N–H and O–H groups in total. The van der Waals surface area contributed by atoms with Gasteiger partial charge in [0.25, 0.3) is 5.91 Å². The van der Waals surface area contributed by atoms with E-state index in [0.717, 1.165) is 11.1 Å². The number of aryl methyl sites for hydroxylation is 2. The first-order chi connectivity index (χ1) is 9.94. The second-order valence-electron chi connectivity index (χ2n) is 4.95. The fraction of sp³-hybridized carbons (Fsp3) is 0.176. The molecule has 0 aliphatic heterocycles. The van der Waals surface area contributed by atoms with Gasteiger partial charge in [0.1, 0.15) is 5.75 Å². The van der Waals surface area contributed by atoms with Gasteiger partial charge in [-0.05, 0) is 50.2 Å². The fourth-order valence-electron chi connectivity index (χ4n) is 2.08. The van der Waals surface area contributed by atoms with E-state index in [9.17, 15) is 9.59 Å². The van der Waals surface area contributed by atoms with Crippen molar-refractivity contribution < 1.29 is 14.3 Å². The van der Waals surface area contributed by atoms with Crippen molar-refractivity contribution in [3.8, 4) is 5.75 Å². The third-order valence-electron chi connectivity index (χ3n) is 2.86. The van der Waals surface area contributed by atoms with Crippen LogP contribution in [0.25, 0.3) is 0 Å². The maximum Gasteiger partial charge on any atom is 0.308 e. The molecule has 4 heteroatoms. The summed E-state index contributed by atoms with van der Waals surface area (Å²) in [7, 11) is 0. The van der Waals surface area contributed by atoms with Gasteiger partial charge in [-0.3, -0.25) is 9.59 Å². The van der Waals surface area contributed by atoms with Gasteiger partial charge >= 0.3 is 5.97 Å². The molecule has 0 radical (unpaired) electrons. The molecular formula is C17H17NO3. The number of amides is 1.